The number of carbonyl (C=O) groups excluding carboxylic acids is 1. The van der Waals surface area contributed by atoms with Crippen molar-refractivity contribution in [3.63, 3.8) is 0 Å². The molecule has 1 fully saturated rings. The number of aromatic nitrogens is 1. The highest BCUT2D eigenvalue weighted by molar-refractivity contribution is 5.95. The fourth-order valence-corrected chi connectivity index (χ4v) is 2.64. The van der Waals surface area contributed by atoms with Crippen molar-refractivity contribution in [2.45, 2.75) is 33.2 Å². The summed E-state index contributed by atoms with van der Waals surface area (Å²) in [4.78, 5) is 25.7. The Hall–Kier alpha value is -1.56. The number of alkyl halides is 2. The molecule has 0 spiro atoms. The number of likely N-dealkylation sites (tertiary alicyclic amines) is 1. The SMILES string of the molecule is CCC(=O)c1cccn(CCN2CC(C)(C(F)F)C2)c1=O. The van der Waals surface area contributed by atoms with Crippen LogP contribution in [0.25, 0.3) is 0 Å². The summed E-state index contributed by atoms with van der Waals surface area (Å²) in [7, 11) is 0. The molecule has 0 radical (unpaired) electrons. The Kier molecular flexibility index (Phi) is 4.56. The van der Waals surface area contributed by atoms with Gasteiger partial charge in [-0.2, -0.15) is 0 Å². The molecule has 1 saturated heterocycles. The molecule has 116 valence electrons. The lowest BCUT2D eigenvalue weighted by molar-refractivity contribution is -0.0999. The van der Waals surface area contributed by atoms with Crippen LogP contribution in [0.1, 0.15) is 30.6 Å². The van der Waals surface area contributed by atoms with Crippen molar-refractivity contribution < 1.29 is 13.6 Å². The third-order valence-electron chi connectivity index (χ3n) is 4.00. The first-order chi connectivity index (χ1) is 9.87. The highest BCUT2D eigenvalue weighted by Crippen LogP contribution is 2.35. The van der Waals surface area contributed by atoms with E-state index in [1.54, 1.807) is 26.1 Å². The summed E-state index contributed by atoms with van der Waals surface area (Å²) in [5, 5.41) is 0. The van der Waals surface area contributed by atoms with Gasteiger partial charge in [-0.3, -0.25) is 14.5 Å². The average molecular weight is 298 g/mol. The fraction of sp³-hybridized carbons (Fsp3) is 0.600. The number of Topliss-reactive ketones (excluding diaryl/α,β-unsaturated/α-hetero) is 1. The number of halogens is 2. The van der Waals surface area contributed by atoms with E-state index in [2.05, 4.69) is 0 Å². The molecule has 1 aliphatic rings. The number of rotatable bonds is 6. The van der Waals surface area contributed by atoms with Crippen LogP contribution in [0, 0.1) is 5.41 Å². The van der Waals surface area contributed by atoms with Crippen molar-refractivity contribution in [3.05, 3.63) is 34.2 Å². The minimum atomic E-state index is -2.32. The van der Waals surface area contributed by atoms with E-state index in [0.717, 1.165) is 0 Å². The lowest BCUT2D eigenvalue weighted by Gasteiger charge is -2.47. The minimum Gasteiger partial charge on any atom is -0.314 e. The lowest BCUT2D eigenvalue weighted by Crippen LogP contribution is -2.58. The maximum absolute atomic E-state index is 12.7. The van der Waals surface area contributed by atoms with Crippen LogP contribution >= 0.6 is 0 Å². The molecule has 1 aromatic rings. The third-order valence-corrected chi connectivity index (χ3v) is 4.00. The maximum Gasteiger partial charge on any atom is 0.261 e. The quantitative estimate of drug-likeness (QED) is 0.755. The Bertz CT molecular complexity index is 577. The molecule has 0 amide bonds. The van der Waals surface area contributed by atoms with Gasteiger partial charge in [0, 0.05) is 38.8 Å². The van der Waals surface area contributed by atoms with Gasteiger partial charge in [-0.1, -0.05) is 13.8 Å². The number of pyridine rings is 1. The number of nitrogens with zero attached hydrogens (tertiary/aromatic N) is 2. The van der Waals surface area contributed by atoms with E-state index in [1.165, 1.54) is 10.6 Å². The summed E-state index contributed by atoms with van der Waals surface area (Å²) in [6.45, 7) is 4.90. The normalized spacial score (nSPS) is 17.8. The van der Waals surface area contributed by atoms with Gasteiger partial charge in [0.2, 0.25) is 6.43 Å². The zero-order chi connectivity index (χ0) is 15.6. The monoisotopic (exact) mass is 298 g/mol. The van der Waals surface area contributed by atoms with E-state index >= 15 is 0 Å². The smallest absolute Gasteiger partial charge is 0.261 e. The van der Waals surface area contributed by atoms with Crippen LogP contribution in [0.5, 0.6) is 0 Å². The van der Waals surface area contributed by atoms with Crippen LogP contribution in [-0.4, -0.2) is 41.3 Å². The Labute approximate surface area is 122 Å². The van der Waals surface area contributed by atoms with Crippen LogP contribution in [0.2, 0.25) is 0 Å². The number of carbonyl (C=O) groups is 1. The molecule has 0 unspecified atom stereocenters. The van der Waals surface area contributed by atoms with Crippen molar-refractivity contribution in [3.8, 4) is 0 Å². The molecule has 0 aliphatic carbocycles. The molecule has 0 saturated carbocycles. The summed E-state index contributed by atoms with van der Waals surface area (Å²) in [5.74, 6) is -0.177. The second-order valence-electron chi connectivity index (χ2n) is 5.86. The highest BCUT2D eigenvalue weighted by Gasteiger charge is 2.45. The lowest BCUT2D eigenvalue weighted by atomic mass is 9.82. The van der Waals surface area contributed by atoms with Crippen molar-refractivity contribution in [1.29, 1.82) is 0 Å². The Morgan fingerprint density at radius 3 is 2.62 bits per heavy atom. The predicted octanol–water partition coefficient (Wildman–Crippen LogP) is 2.03. The Morgan fingerprint density at radius 1 is 1.38 bits per heavy atom. The zero-order valence-electron chi connectivity index (χ0n) is 12.3. The first-order valence-corrected chi connectivity index (χ1v) is 7.10. The third kappa shape index (κ3) is 3.20. The van der Waals surface area contributed by atoms with Crippen LogP contribution in [0.3, 0.4) is 0 Å². The van der Waals surface area contributed by atoms with Crippen LogP contribution < -0.4 is 5.56 Å². The standard InChI is InChI=1S/C15H20F2N2O2/c1-3-12(20)11-5-4-6-19(13(11)21)8-7-18-9-15(2,10-18)14(16)17/h4-6,14H,3,7-10H2,1-2H3. The summed E-state index contributed by atoms with van der Waals surface area (Å²) < 4.78 is 26.9. The van der Waals surface area contributed by atoms with Crippen LogP contribution in [0.4, 0.5) is 8.78 Å². The average Bonchev–Trinajstić information content (AvgIpc) is 2.42. The van der Waals surface area contributed by atoms with Gasteiger partial charge in [0.15, 0.2) is 5.78 Å². The molecule has 0 N–H and O–H groups in total. The van der Waals surface area contributed by atoms with E-state index in [0.29, 0.717) is 26.2 Å². The minimum absolute atomic E-state index is 0.177. The van der Waals surface area contributed by atoms with Crippen LogP contribution in [-0.2, 0) is 6.54 Å². The number of hydrogen-bond acceptors (Lipinski definition) is 3. The summed E-state index contributed by atoms with van der Waals surface area (Å²) in [6.07, 6.45) is -0.402. The van der Waals surface area contributed by atoms with Gasteiger partial charge in [0.05, 0.1) is 11.0 Å². The molecule has 0 bridgehead atoms. The summed E-state index contributed by atoms with van der Waals surface area (Å²) in [6, 6.07) is 3.20. The molecular weight excluding hydrogens is 278 g/mol. The first kappa shape index (κ1) is 15.8. The second kappa shape index (κ2) is 6.05. The molecule has 0 atom stereocenters. The number of ketones is 1. The van der Waals surface area contributed by atoms with E-state index in [9.17, 15) is 18.4 Å². The van der Waals surface area contributed by atoms with Gasteiger partial charge in [0.25, 0.3) is 5.56 Å². The molecule has 1 aliphatic heterocycles. The maximum atomic E-state index is 12.7. The largest absolute Gasteiger partial charge is 0.314 e. The second-order valence-corrected chi connectivity index (χ2v) is 5.86. The molecule has 6 heteroatoms. The summed E-state index contributed by atoms with van der Waals surface area (Å²) in [5.41, 5.74) is -1.03. The number of hydrogen-bond donors (Lipinski definition) is 0. The Morgan fingerprint density at radius 2 is 2.05 bits per heavy atom. The topological polar surface area (TPSA) is 42.3 Å². The molecular formula is C15H20F2N2O2. The zero-order valence-corrected chi connectivity index (χ0v) is 12.3. The molecule has 2 rings (SSSR count). The molecule has 4 nitrogen and oxygen atoms in total. The molecule has 21 heavy (non-hydrogen) atoms. The van der Waals surface area contributed by atoms with Gasteiger partial charge in [-0.05, 0) is 12.1 Å². The molecule has 0 aromatic carbocycles. The van der Waals surface area contributed by atoms with E-state index in [-0.39, 0.29) is 23.3 Å². The highest BCUT2D eigenvalue weighted by atomic mass is 19.3. The van der Waals surface area contributed by atoms with Crippen molar-refractivity contribution in [2.24, 2.45) is 5.41 Å². The van der Waals surface area contributed by atoms with E-state index in [4.69, 9.17) is 0 Å². The van der Waals surface area contributed by atoms with Crippen molar-refractivity contribution in [1.82, 2.24) is 9.47 Å². The van der Waals surface area contributed by atoms with E-state index in [1.807, 2.05) is 4.90 Å². The van der Waals surface area contributed by atoms with Crippen molar-refractivity contribution in [2.75, 3.05) is 19.6 Å². The van der Waals surface area contributed by atoms with E-state index < -0.39 is 11.8 Å². The molecule has 1 aromatic heterocycles. The summed E-state index contributed by atoms with van der Waals surface area (Å²) >= 11 is 0. The van der Waals surface area contributed by atoms with Gasteiger partial charge >= 0.3 is 0 Å². The van der Waals surface area contributed by atoms with Gasteiger partial charge in [-0.25, -0.2) is 8.78 Å². The predicted molar refractivity (Wildman–Crippen MR) is 75.9 cm³/mol. The first-order valence-electron chi connectivity index (χ1n) is 7.10. The van der Waals surface area contributed by atoms with Crippen molar-refractivity contribution >= 4 is 5.78 Å². The van der Waals surface area contributed by atoms with Gasteiger partial charge in [0.1, 0.15) is 0 Å². The van der Waals surface area contributed by atoms with Crippen LogP contribution in [0.15, 0.2) is 23.1 Å². The Balaban J connectivity index is 1.97. The van der Waals surface area contributed by atoms with Gasteiger partial charge in [-0.15, -0.1) is 0 Å². The fourth-order valence-electron chi connectivity index (χ4n) is 2.64. The van der Waals surface area contributed by atoms with Gasteiger partial charge < -0.3 is 4.57 Å². The molecule has 2 heterocycles.